The summed E-state index contributed by atoms with van der Waals surface area (Å²) in [4.78, 5) is 11.3. The maximum atomic E-state index is 11.3. The predicted octanol–water partition coefficient (Wildman–Crippen LogP) is 4.39. The number of esters is 1. The number of ether oxygens (including phenoxy) is 1. The summed E-state index contributed by atoms with van der Waals surface area (Å²) in [5.74, 6) is -0.280. The summed E-state index contributed by atoms with van der Waals surface area (Å²) in [7, 11) is 0. The Labute approximate surface area is 119 Å². The van der Waals surface area contributed by atoms with Gasteiger partial charge >= 0.3 is 5.97 Å². The van der Waals surface area contributed by atoms with E-state index in [-0.39, 0.29) is 11.9 Å². The molecule has 0 radical (unpaired) electrons. The van der Waals surface area contributed by atoms with Crippen LogP contribution >= 0.6 is 0 Å². The van der Waals surface area contributed by atoms with Gasteiger partial charge in [-0.05, 0) is 12.8 Å². The fourth-order valence-corrected chi connectivity index (χ4v) is 2.00. The van der Waals surface area contributed by atoms with E-state index in [1.165, 1.54) is 51.4 Å². The quantitative estimate of drug-likeness (QED) is 0.325. The average molecular weight is 271 g/mol. The SMILES string of the molecule is CCCCCCCCCCCC(N)OC(=O)C(C)C. The average Bonchev–Trinajstić information content (AvgIpc) is 2.36. The number of rotatable bonds is 12. The first-order valence-corrected chi connectivity index (χ1v) is 8.04. The minimum atomic E-state index is -0.417. The summed E-state index contributed by atoms with van der Waals surface area (Å²) in [6.07, 6.45) is 12.0. The van der Waals surface area contributed by atoms with Crippen LogP contribution in [0.5, 0.6) is 0 Å². The summed E-state index contributed by atoms with van der Waals surface area (Å²) >= 11 is 0. The van der Waals surface area contributed by atoms with Crippen molar-refractivity contribution >= 4 is 5.97 Å². The number of hydrogen-bond donors (Lipinski definition) is 1. The third-order valence-electron chi connectivity index (χ3n) is 3.33. The van der Waals surface area contributed by atoms with Crippen molar-refractivity contribution < 1.29 is 9.53 Å². The van der Waals surface area contributed by atoms with E-state index in [2.05, 4.69) is 6.92 Å². The van der Waals surface area contributed by atoms with Crippen LogP contribution in [-0.4, -0.2) is 12.2 Å². The molecule has 0 aliphatic rings. The highest BCUT2D eigenvalue weighted by Gasteiger charge is 2.12. The van der Waals surface area contributed by atoms with Crippen LogP contribution < -0.4 is 5.73 Å². The highest BCUT2D eigenvalue weighted by atomic mass is 16.6. The van der Waals surface area contributed by atoms with Crippen molar-refractivity contribution in [2.45, 2.75) is 91.2 Å². The van der Waals surface area contributed by atoms with Crippen LogP contribution in [-0.2, 0) is 9.53 Å². The molecule has 0 saturated heterocycles. The lowest BCUT2D eigenvalue weighted by molar-refractivity contribution is -0.152. The molecule has 1 atom stereocenters. The van der Waals surface area contributed by atoms with E-state index >= 15 is 0 Å². The standard InChI is InChI=1S/C16H33NO2/c1-4-5-6-7-8-9-10-11-12-13-15(17)19-16(18)14(2)3/h14-15H,4-13,17H2,1-3H3. The van der Waals surface area contributed by atoms with Gasteiger partial charge in [0.15, 0.2) is 6.23 Å². The van der Waals surface area contributed by atoms with Crippen molar-refractivity contribution in [3.8, 4) is 0 Å². The molecule has 0 spiro atoms. The molecular weight excluding hydrogens is 238 g/mol. The van der Waals surface area contributed by atoms with E-state index in [9.17, 15) is 4.79 Å². The van der Waals surface area contributed by atoms with Crippen LogP contribution in [0.1, 0.15) is 85.0 Å². The van der Waals surface area contributed by atoms with Crippen LogP contribution in [0.4, 0.5) is 0 Å². The lowest BCUT2D eigenvalue weighted by atomic mass is 10.1. The Morgan fingerprint density at radius 3 is 1.89 bits per heavy atom. The number of carbonyl (C=O) groups is 1. The zero-order valence-electron chi connectivity index (χ0n) is 13.1. The normalized spacial score (nSPS) is 12.7. The fraction of sp³-hybridized carbons (Fsp3) is 0.938. The number of hydrogen-bond acceptors (Lipinski definition) is 3. The Balaban J connectivity index is 3.27. The molecule has 0 aromatic heterocycles. The second-order valence-electron chi connectivity index (χ2n) is 5.75. The monoisotopic (exact) mass is 271 g/mol. The summed E-state index contributed by atoms with van der Waals surface area (Å²) < 4.78 is 5.12. The van der Waals surface area contributed by atoms with Crippen LogP contribution in [0.2, 0.25) is 0 Å². The molecule has 19 heavy (non-hydrogen) atoms. The molecule has 1 unspecified atom stereocenters. The smallest absolute Gasteiger partial charge is 0.309 e. The van der Waals surface area contributed by atoms with Crippen molar-refractivity contribution in [2.75, 3.05) is 0 Å². The van der Waals surface area contributed by atoms with Crippen molar-refractivity contribution in [1.82, 2.24) is 0 Å². The van der Waals surface area contributed by atoms with Gasteiger partial charge in [-0.1, -0.05) is 72.1 Å². The molecule has 0 saturated carbocycles. The van der Waals surface area contributed by atoms with Gasteiger partial charge in [-0.25, -0.2) is 0 Å². The topological polar surface area (TPSA) is 52.3 Å². The Kier molecular flexibility index (Phi) is 12.1. The molecule has 0 fully saturated rings. The molecule has 0 bridgehead atoms. The molecule has 0 amide bonds. The van der Waals surface area contributed by atoms with Gasteiger partial charge in [0.1, 0.15) is 0 Å². The van der Waals surface area contributed by atoms with E-state index < -0.39 is 6.23 Å². The van der Waals surface area contributed by atoms with E-state index in [0.29, 0.717) is 0 Å². The highest BCUT2D eigenvalue weighted by Crippen LogP contribution is 2.11. The molecule has 0 heterocycles. The summed E-state index contributed by atoms with van der Waals surface area (Å²) in [5.41, 5.74) is 5.77. The molecule has 114 valence electrons. The third kappa shape index (κ3) is 12.2. The van der Waals surface area contributed by atoms with Gasteiger partial charge in [-0.2, -0.15) is 0 Å². The first-order valence-electron chi connectivity index (χ1n) is 8.04. The summed E-state index contributed by atoms with van der Waals surface area (Å²) in [6, 6.07) is 0. The van der Waals surface area contributed by atoms with Crippen molar-refractivity contribution in [1.29, 1.82) is 0 Å². The van der Waals surface area contributed by atoms with E-state index in [1.54, 1.807) is 0 Å². The van der Waals surface area contributed by atoms with Crippen molar-refractivity contribution in [3.05, 3.63) is 0 Å². The Morgan fingerprint density at radius 1 is 0.947 bits per heavy atom. The molecule has 2 N–H and O–H groups in total. The molecule has 3 heteroatoms. The van der Waals surface area contributed by atoms with Crippen LogP contribution in [0.25, 0.3) is 0 Å². The first-order chi connectivity index (χ1) is 9.07. The Morgan fingerprint density at radius 2 is 1.42 bits per heavy atom. The van der Waals surface area contributed by atoms with Crippen molar-refractivity contribution in [2.24, 2.45) is 11.7 Å². The maximum Gasteiger partial charge on any atom is 0.309 e. The number of unbranched alkanes of at least 4 members (excludes halogenated alkanes) is 8. The minimum Gasteiger partial charge on any atom is -0.447 e. The van der Waals surface area contributed by atoms with Crippen LogP contribution in [0.15, 0.2) is 0 Å². The zero-order valence-corrected chi connectivity index (χ0v) is 13.1. The lowest BCUT2D eigenvalue weighted by Crippen LogP contribution is -2.29. The van der Waals surface area contributed by atoms with E-state index in [4.69, 9.17) is 10.5 Å². The second kappa shape index (κ2) is 12.5. The minimum absolute atomic E-state index is 0.0887. The predicted molar refractivity (Wildman–Crippen MR) is 80.7 cm³/mol. The largest absolute Gasteiger partial charge is 0.447 e. The van der Waals surface area contributed by atoms with E-state index in [1.807, 2.05) is 13.8 Å². The van der Waals surface area contributed by atoms with E-state index in [0.717, 1.165) is 12.8 Å². The van der Waals surface area contributed by atoms with Gasteiger partial charge in [-0.15, -0.1) is 0 Å². The number of carbonyl (C=O) groups excluding carboxylic acids is 1. The lowest BCUT2D eigenvalue weighted by Gasteiger charge is -2.14. The van der Waals surface area contributed by atoms with Crippen LogP contribution in [0, 0.1) is 5.92 Å². The molecule has 0 aromatic carbocycles. The molecule has 0 rings (SSSR count). The van der Waals surface area contributed by atoms with Crippen molar-refractivity contribution in [3.63, 3.8) is 0 Å². The van der Waals surface area contributed by atoms with Gasteiger partial charge < -0.3 is 4.74 Å². The third-order valence-corrected chi connectivity index (χ3v) is 3.33. The molecule has 0 aliphatic carbocycles. The number of nitrogens with two attached hydrogens (primary N) is 1. The van der Waals surface area contributed by atoms with Gasteiger partial charge in [0.25, 0.3) is 0 Å². The van der Waals surface area contributed by atoms with Gasteiger partial charge in [0, 0.05) is 0 Å². The summed E-state index contributed by atoms with van der Waals surface area (Å²) in [6.45, 7) is 5.90. The van der Waals surface area contributed by atoms with Gasteiger partial charge in [0.05, 0.1) is 5.92 Å². The first kappa shape index (κ1) is 18.4. The second-order valence-corrected chi connectivity index (χ2v) is 5.75. The molecular formula is C16H33NO2. The maximum absolute atomic E-state index is 11.3. The molecule has 3 nitrogen and oxygen atoms in total. The van der Waals surface area contributed by atoms with Gasteiger partial charge in [-0.3, -0.25) is 10.5 Å². The zero-order chi connectivity index (χ0) is 14.5. The summed E-state index contributed by atoms with van der Waals surface area (Å²) in [5, 5.41) is 0. The fourth-order valence-electron chi connectivity index (χ4n) is 2.00. The highest BCUT2D eigenvalue weighted by molar-refractivity contribution is 5.71. The Hall–Kier alpha value is -0.570. The van der Waals surface area contributed by atoms with Crippen LogP contribution in [0.3, 0.4) is 0 Å². The Bertz CT molecular complexity index is 217. The molecule has 0 aliphatic heterocycles. The molecule has 0 aromatic rings. The van der Waals surface area contributed by atoms with Gasteiger partial charge in [0.2, 0.25) is 0 Å².